The predicted octanol–water partition coefficient (Wildman–Crippen LogP) is 4.47. The summed E-state index contributed by atoms with van der Waals surface area (Å²) in [4.78, 5) is 9.23. The number of fused-ring (bicyclic) bond motifs is 1. The van der Waals surface area contributed by atoms with E-state index < -0.39 is 0 Å². The molecule has 0 amide bonds. The zero-order valence-corrected chi connectivity index (χ0v) is 13.4. The highest BCUT2D eigenvalue weighted by Crippen LogP contribution is 2.26. The molecule has 108 valence electrons. The minimum atomic E-state index is 0.516. The van der Waals surface area contributed by atoms with Crippen molar-refractivity contribution >= 4 is 34.4 Å². The monoisotopic (exact) mass is 319 g/mol. The third-order valence-corrected chi connectivity index (χ3v) is 3.86. The van der Waals surface area contributed by atoms with E-state index in [0.29, 0.717) is 17.3 Å². The van der Waals surface area contributed by atoms with Crippen LogP contribution < -0.4 is 0 Å². The molecule has 0 spiro atoms. The lowest BCUT2D eigenvalue weighted by Crippen LogP contribution is -2.04. The second kappa shape index (κ2) is 5.66. The van der Waals surface area contributed by atoms with Crippen LogP contribution in [0.15, 0.2) is 30.5 Å². The number of nitrogens with zero attached hydrogens (tertiary/aromatic N) is 3. The summed E-state index contributed by atoms with van der Waals surface area (Å²) in [7, 11) is 0. The molecule has 3 aromatic rings. The van der Waals surface area contributed by atoms with Gasteiger partial charge in [-0.05, 0) is 43.2 Å². The maximum atomic E-state index is 6.16. The van der Waals surface area contributed by atoms with Crippen molar-refractivity contribution in [2.24, 2.45) is 0 Å². The van der Waals surface area contributed by atoms with Gasteiger partial charge >= 0.3 is 0 Å². The minimum absolute atomic E-state index is 0.516. The molecule has 0 aliphatic heterocycles. The number of pyridine rings is 1. The van der Waals surface area contributed by atoms with Gasteiger partial charge < -0.3 is 0 Å². The second-order valence-electron chi connectivity index (χ2n) is 5.09. The molecule has 0 saturated carbocycles. The summed E-state index contributed by atoms with van der Waals surface area (Å²) >= 11 is 12.1. The lowest BCUT2D eigenvalue weighted by molar-refractivity contribution is 0.900. The van der Waals surface area contributed by atoms with E-state index in [0.717, 1.165) is 33.8 Å². The van der Waals surface area contributed by atoms with Crippen LogP contribution in [0.2, 0.25) is 5.02 Å². The van der Waals surface area contributed by atoms with Gasteiger partial charge in [0.2, 0.25) is 0 Å². The van der Waals surface area contributed by atoms with Crippen molar-refractivity contribution in [3.05, 3.63) is 52.4 Å². The van der Waals surface area contributed by atoms with E-state index in [4.69, 9.17) is 23.2 Å². The van der Waals surface area contributed by atoms with Crippen LogP contribution in [0.4, 0.5) is 0 Å². The topological polar surface area (TPSA) is 30.7 Å². The van der Waals surface area contributed by atoms with Crippen LogP contribution in [0.1, 0.15) is 17.0 Å². The summed E-state index contributed by atoms with van der Waals surface area (Å²) in [5, 5.41) is 0.696. The molecule has 0 bridgehead atoms. The fourth-order valence-corrected chi connectivity index (χ4v) is 2.78. The highest BCUT2D eigenvalue weighted by atomic mass is 35.5. The normalized spacial score (nSPS) is 11.2. The van der Waals surface area contributed by atoms with Gasteiger partial charge in [0.25, 0.3) is 0 Å². The molecule has 0 unspecified atom stereocenters. The van der Waals surface area contributed by atoms with Crippen LogP contribution >= 0.6 is 23.2 Å². The van der Waals surface area contributed by atoms with Crippen LogP contribution in [0.3, 0.4) is 0 Å². The molecule has 2 heterocycles. The maximum Gasteiger partial charge on any atom is 0.164 e. The van der Waals surface area contributed by atoms with E-state index in [1.807, 2.05) is 37.4 Å². The molecule has 0 N–H and O–H groups in total. The first-order valence-corrected chi connectivity index (χ1v) is 7.68. The number of hydrogen-bond donors (Lipinski definition) is 0. The minimum Gasteiger partial charge on any atom is -0.280 e. The van der Waals surface area contributed by atoms with E-state index >= 15 is 0 Å². The van der Waals surface area contributed by atoms with Crippen molar-refractivity contribution in [1.29, 1.82) is 0 Å². The van der Waals surface area contributed by atoms with E-state index in [-0.39, 0.29) is 0 Å². The lowest BCUT2D eigenvalue weighted by atomic mass is 10.2. The van der Waals surface area contributed by atoms with E-state index in [1.165, 1.54) is 0 Å². The smallest absolute Gasteiger partial charge is 0.164 e. The standard InChI is InChI=1S/C16H15Cl2N3/c1-10-7-13-16(19-9-10)21(15(20-13)5-6-17)14-8-12(18)4-3-11(14)2/h3-4,7-9H,5-6H2,1-2H3. The van der Waals surface area contributed by atoms with Crippen LogP contribution in [0, 0.1) is 13.8 Å². The number of aromatic nitrogens is 3. The summed E-state index contributed by atoms with van der Waals surface area (Å²) in [5.41, 5.74) is 4.94. The van der Waals surface area contributed by atoms with Crippen LogP contribution in [-0.2, 0) is 6.42 Å². The number of aryl methyl sites for hydroxylation is 3. The average molecular weight is 320 g/mol. The zero-order valence-electron chi connectivity index (χ0n) is 11.9. The Labute approximate surface area is 133 Å². The van der Waals surface area contributed by atoms with Crippen LogP contribution in [0.25, 0.3) is 16.9 Å². The molecule has 5 heteroatoms. The number of alkyl halides is 1. The molecule has 0 aliphatic carbocycles. The summed E-state index contributed by atoms with van der Waals surface area (Å²) in [6.07, 6.45) is 2.54. The van der Waals surface area contributed by atoms with Crippen molar-refractivity contribution in [3.63, 3.8) is 0 Å². The molecule has 0 radical (unpaired) electrons. The Kier molecular flexibility index (Phi) is 3.87. The Bertz CT molecular complexity index is 809. The highest BCUT2D eigenvalue weighted by Gasteiger charge is 2.15. The first kappa shape index (κ1) is 14.4. The third kappa shape index (κ3) is 2.63. The van der Waals surface area contributed by atoms with Crippen molar-refractivity contribution in [1.82, 2.24) is 14.5 Å². The van der Waals surface area contributed by atoms with Crippen molar-refractivity contribution in [2.45, 2.75) is 20.3 Å². The Morgan fingerprint density at radius 3 is 2.76 bits per heavy atom. The molecular weight excluding hydrogens is 305 g/mol. The molecule has 3 nitrogen and oxygen atoms in total. The van der Waals surface area contributed by atoms with Crippen molar-refractivity contribution in [3.8, 4) is 5.69 Å². The number of halogens is 2. The van der Waals surface area contributed by atoms with Gasteiger partial charge in [0.1, 0.15) is 11.3 Å². The zero-order chi connectivity index (χ0) is 15.0. The fraction of sp³-hybridized carbons (Fsp3) is 0.250. The van der Waals surface area contributed by atoms with Gasteiger partial charge in [-0.15, -0.1) is 11.6 Å². The Morgan fingerprint density at radius 1 is 1.19 bits per heavy atom. The maximum absolute atomic E-state index is 6.16. The summed E-state index contributed by atoms with van der Waals surface area (Å²) in [6, 6.07) is 7.87. The molecule has 3 rings (SSSR count). The number of imidazole rings is 1. The first-order valence-electron chi connectivity index (χ1n) is 6.76. The Morgan fingerprint density at radius 2 is 2.00 bits per heavy atom. The summed E-state index contributed by atoms with van der Waals surface area (Å²) < 4.78 is 2.05. The van der Waals surface area contributed by atoms with Gasteiger partial charge in [-0.1, -0.05) is 17.7 Å². The Hall–Kier alpha value is -1.58. The number of benzene rings is 1. The second-order valence-corrected chi connectivity index (χ2v) is 5.90. The molecule has 1 aromatic carbocycles. The van der Waals surface area contributed by atoms with Gasteiger partial charge in [0.05, 0.1) is 5.69 Å². The molecule has 21 heavy (non-hydrogen) atoms. The van der Waals surface area contributed by atoms with E-state index in [1.54, 1.807) is 0 Å². The quantitative estimate of drug-likeness (QED) is 0.667. The van der Waals surface area contributed by atoms with Gasteiger partial charge in [0.15, 0.2) is 5.65 Å². The van der Waals surface area contributed by atoms with E-state index in [9.17, 15) is 0 Å². The lowest BCUT2D eigenvalue weighted by Gasteiger charge is -2.11. The first-order chi connectivity index (χ1) is 10.1. The average Bonchev–Trinajstić information content (AvgIpc) is 2.79. The van der Waals surface area contributed by atoms with Crippen molar-refractivity contribution in [2.75, 3.05) is 5.88 Å². The summed E-state index contributed by atoms with van der Waals surface area (Å²) in [6.45, 7) is 4.06. The molecule has 0 aliphatic rings. The van der Waals surface area contributed by atoms with Crippen molar-refractivity contribution < 1.29 is 0 Å². The molecule has 0 fully saturated rings. The van der Waals surface area contributed by atoms with Gasteiger partial charge in [-0.3, -0.25) is 4.57 Å². The molecule has 2 aromatic heterocycles. The van der Waals surface area contributed by atoms with Crippen LogP contribution in [-0.4, -0.2) is 20.4 Å². The fourth-order valence-electron chi connectivity index (χ4n) is 2.44. The molecular formula is C16H15Cl2N3. The molecule has 0 saturated heterocycles. The number of hydrogen-bond acceptors (Lipinski definition) is 2. The van der Waals surface area contributed by atoms with Gasteiger partial charge in [-0.2, -0.15) is 0 Å². The SMILES string of the molecule is Cc1cnc2c(c1)nc(CCCl)n2-c1cc(Cl)ccc1C. The molecule has 0 atom stereocenters. The van der Waals surface area contributed by atoms with Gasteiger partial charge in [0, 0.05) is 23.5 Å². The largest absolute Gasteiger partial charge is 0.280 e. The predicted molar refractivity (Wildman–Crippen MR) is 87.8 cm³/mol. The van der Waals surface area contributed by atoms with E-state index in [2.05, 4.69) is 21.5 Å². The Balaban J connectivity index is 2.33. The van der Waals surface area contributed by atoms with Gasteiger partial charge in [-0.25, -0.2) is 9.97 Å². The summed E-state index contributed by atoms with van der Waals surface area (Å²) in [5.74, 6) is 1.42. The highest BCUT2D eigenvalue weighted by molar-refractivity contribution is 6.30. The third-order valence-electron chi connectivity index (χ3n) is 3.43. The van der Waals surface area contributed by atoms with Crippen LogP contribution in [0.5, 0.6) is 0 Å². The number of rotatable bonds is 3.